The molecule has 0 aromatic carbocycles. The predicted molar refractivity (Wildman–Crippen MR) is 46.6 cm³/mol. The fraction of sp³-hybridized carbons (Fsp3) is 0.500. The highest BCUT2D eigenvalue weighted by Gasteiger charge is 1.98. The van der Waals surface area contributed by atoms with Crippen molar-refractivity contribution in [1.29, 1.82) is 0 Å². The van der Waals surface area contributed by atoms with Crippen molar-refractivity contribution in [3.63, 3.8) is 0 Å². The van der Waals surface area contributed by atoms with Gasteiger partial charge in [-0.05, 0) is 32.5 Å². The molecule has 0 saturated heterocycles. The van der Waals surface area contributed by atoms with Crippen LogP contribution in [0.4, 0.5) is 0 Å². The zero-order valence-electron chi connectivity index (χ0n) is 6.69. The molecular formula is C8H13NS. The number of nitrogens with one attached hydrogen (secondary N) is 1. The lowest BCUT2D eigenvalue weighted by molar-refractivity contribution is 0.831. The minimum absolute atomic E-state index is 0.999. The van der Waals surface area contributed by atoms with E-state index in [1.807, 2.05) is 18.4 Å². The van der Waals surface area contributed by atoms with Crippen molar-refractivity contribution in [3.05, 3.63) is 21.4 Å². The maximum atomic E-state index is 3.13. The molecule has 0 aliphatic carbocycles. The van der Waals surface area contributed by atoms with Gasteiger partial charge in [-0.25, -0.2) is 0 Å². The Bertz CT molecular complexity index is 196. The zero-order chi connectivity index (χ0) is 7.56. The van der Waals surface area contributed by atoms with E-state index in [1.165, 1.54) is 15.3 Å². The molecule has 0 radical (unpaired) electrons. The Morgan fingerprint density at radius 3 is 2.60 bits per heavy atom. The summed E-state index contributed by atoms with van der Waals surface area (Å²) in [5.74, 6) is 0. The van der Waals surface area contributed by atoms with Gasteiger partial charge in [-0.3, -0.25) is 0 Å². The van der Waals surface area contributed by atoms with Gasteiger partial charge in [0.15, 0.2) is 0 Å². The molecule has 0 spiro atoms. The molecule has 2 heteroatoms. The van der Waals surface area contributed by atoms with E-state index in [0.29, 0.717) is 0 Å². The Kier molecular flexibility index (Phi) is 2.46. The lowest BCUT2D eigenvalue weighted by Gasteiger charge is -1.90. The molecule has 0 aliphatic heterocycles. The Morgan fingerprint density at radius 2 is 2.20 bits per heavy atom. The number of hydrogen-bond donors (Lipinski definition) is 1. The molecule has 1 N–H and O–H groups in total. The smallest absolute Gasteiger partial charge is 0.0296 e. The van der Waals surface area contributed by atoms with Gasteiger partial charge in [0.1, 0.15) is 0 Å². The Labute approximate surface area is 66.1 Å². The Balaban J connectivity index is 2.77. The second-order valence-electron chi connectivity index (χ2n) is 2.48. The van der Waals surface area contributed by atoms with E-state index < -0.39 is 0 Å². The maximum absolute atomic E-state index is 3.13. The van der Waals surface area contributed by atoms with E-state index in [0.717, 1.165) is 6.54 Å². The van der Waals surface area contributed by atoms with Crippen molar-refractivity contribution >= 4 is 11.3 Å². The van der Waals surface area contributed by atoms with E-state index in [1.54, 1.807) is 0 Å². The lowest BCUT2D eigenvalue weighted by Crippen LogP contribution is -2.02. The molecule has 0 unspecified atom stereocenters. The van der Waals surface area contributed by atoms with Gasteiger partial charge in [-0.1, -0.05) is 0 Å². The highest BCUT2D eigenvalue weighted by molar-refractivity contribution is 7.12. The standard InChI is InChI=1S/C8H13NS/c1-6-4-8(5-9-3)10-7(6)2/h4,9H,5H2,1-3H3. The van der Waals surface area contributed by atoms with Crippen LogP contribution in [-0.2, 0) is 6.54 Å². The molecule has 1 aromatic heterocycles. The molecule has 56 valence electrons. The summed E-state index contributed by atoms with van der Waals surface area (Å²) < 4.78 is 0. The van der Waals surface area contributed by atoms with Crippen LogP contribution in [0.25, 0.3) is 0 Å². The maximum Gasteiger partial charge on any atom is 0.0296 e. The lowest BCUT2D eigenvalue weighted by atomic mass is 10.3. The number of aryl methyl sites for hydroxylation is 2. The van der Waals surface area contributed by atoms with E-state index in [2.05, 4.69) is 25.2 Å². The van der Waals surface area contributed by atoms with Gasteiger partial charge in [0.05, 0.1) is 0 Å². The van der Waals surface area contributed by atoms with Crippen LogP contribution in [0, 0.1) is 13.8 Å². The minimum Gasteiger partial charge on any atom is -0.315 e. The van der Waals surface area contributed by atoms with Crippen LogP contribution in [0.2, 0.25) is 0 Å². The summed E-state index contributed by atoms with van der Waals surface area (Å²) in [4.78, 5) is 2.86. The summed E-state index contributed by atoms with van der Waals surface area (Å²) in [5, 5.41) is 3.13. The molecule has 0 amide bonds. The van der Waals surface area contributed by atoms with E-state index in [-0.39, 0.29) is 0 Å². The van der Waals surface area contributed by atoms with Gasteiger partial charge >= 0.3 is 0 Å². The summed E-state index contributed by atoms with van der Waals surface area (Å²) in [7, 11) is 1.98. The molecule has 0 fully saturated rings. The van der Waals surface area contributed by atoms with Crippen molar-refractivity contribution in [2.24, 2.45) is 0 Å². The van der Waals surface area contributed by atoms with Gasteiger partial charge < -0.3 is 5.32 Å². The molecule has 1 rings (SSSR count). The molecule has 1 aromatic rings. The third-order valence-electron chi connectivity index (χ3n) is 1.57. The summed E-state index contributed by atoms with van der Waals surface area (Å²) in [6.07, 6.45) is 0. The first-order chi connectivity index (χ1) is 4.74. The molecule has 1 heterocycles. The van der Waals surface area contributed by atoms with Gasteiger partial charge in [-0.15, -0.1) is 11.3 Å². The number of thiophene rings is 1. The third kappa shape index (κ3) is 1.58. The van der Waals surface area contributed by atoms with Crippen molar-refractivity contribution in [3.8, 4) is 0 Å². The Hall–Kier alpha value is -0.340. The molecule has 0 bridgehead atoms. The van der Waals surface area contributed by atoms with Crippen LogP contribution in [0.15, 0.2) is 6.07 Å². The Morgan fingerprint density at radius 1 is 1.50 bits per heavy atom. The van der Waals surface area contributed by atoms with Crippen LogP contribution in [0.5, 0.6) is 0 Å². The first-order valence-electron chi connectivity index (χ1n) is 3.44. The number of rotatable bonds is 2. The summed E-state index contributed by atoms with van der Waals surface area (Å²) in [6, 6.07) is 2.25. The quantitative estimate of drug-likeness (QED) is 0.689. The predicted octanol–water partition coefficient (Wildman–Crippen LogP) is 2.08. The normalized spacial score (nSPS) is 10.3. The highest BCUT2D eigenvalue weighted by atomic mass is 32.1. The molecule has 10 heavy (non-hydrogen) atoms. The average Bonchev–Trinajstić information content (AvgIpc) is 2.14. The molecule has 1 nitrogen and oxygen atoms in total. The largest absolute Gasteiger partial charge is 0.315 e. The van der Waals surface area contributed by atoms with Crippen molar-refractivity contribution < 1.29 is 0 Å². The van der Waals surface area contributed by atoms with E-state index >= 15 is 0 Å². The fourth-order valence-corrected chi connectivity index (χ4v) is 1.98. The van der Waals surface area contributed by atoms with E-state index in [4.69, 9.17) is 0 Å². The van der Waals surface area contributed by atoms with Crippen molar-refractivity contribution in [2.75, 3.05) is 7.05 Å². The van der Waals surface area contributed by atoms with Crippen molar-refractivity contribution in [1.82, 2.24) is 5.32 Å². The molecule has 0 atom stereocenters. The monoisotopic (exact) mass is 155 g/mol. The van der Waals surface area contributed by atoms with E-state index in [9.17, 15) is 0 Å². The topological polar surface area (TPSA) is 12.0 Å². The molecule has 0 saturated carbocycles. The second-order valence-corrected chi connectivity index (χ2v) is 3.82. The third-order valence-corrected chi connectivity index (χ3v) is 2.72. The first-order valence-corrected chi connectivity index (χ1v) is 4.26. The van der Waals surface area contributed by atoms with Crippen LogP contribution < -0.4 is 5.32 Å². The first kappa shape index (κ1) is 7.76. The SMILES string of the molecule is CNCc1cc(C)c(C)s1. The summed E-state index contributed by atoms with van der Waals surface area (Å²) in [6.45, 7) is 5.32. The minimum atomic E-state index is 0.999. The zero-order valence-corrected chi connectivity index (χ0v) is 7.51. The molecular weight excluding hydrogens is 142 g/mol. The van der Waals surface area contributed by atoms with Gasteiger partial charge in [0.25, 0.3) is 0 Å². The van der Waals surface area contributed by atoms with Crippen LogP contribution in [0.3, 0.4) is 0 Å². The number of hydrogen-bond acceptors (Lipinski definition) is 2. The van der Waals surface area contributed by atoms with Gasteiger partial charge in [0.2, 0.25) is 0 Å². The highest BCUT2D eigenvalue weighted by Crippen LogP contribution is 2.19. The van der Waals surface area contributed by atoms with Crippen LogP contribution in [0.1, 0.15) is 15.3 Å². The molecule has 0 aliphatic rings. The second kappa shape index (κ2) is 3.17. The van der Waals surface area contributed by atoms with Crippen LogP contribution in [-0.4, -0.2) is 7.05 Å². The van der Waals surface area contributed by atoms with Crippen LogP contribution >= 0.6 is 11.3 Å². The van der Waals surface area contributed by atoms with Gasteiger partial charge in [-0.2, -0.15) is 0 Å². The van der Waals surface area contributed by atoms with Gasteiger partial charge in [0, 0.05) is 16.3 Å². The van der Waals surface area contributed by atoms with Crippen molar-refractivity contribution in [2.45, 2.75) is 20.4 Å². The fourth-order valence-electron chi connectivity index (χ4n) is 0.911. The summed E-state index contributed by atoms with van der Waals surface area (Å²) >= 11 is 1.88. The summed E-state index contributed by atoms with van der Waals surface area (Å²) in [5.41, 5.74) is 1.41. The average molecular weight is 155 g/mol.